The molecule has 0 fully saturated rings. The third kappa shape index (κ3) is 2.78. The SMILES string of the molecule is CC(C)N(CC#N)C(=O)c1cccc(F)c1F. The van der Waals surface area contributed by atoms with E-state index in [1.807, 2.05) is 6.07 Å². The Morgan fingerprint density at radius 2 is 2.12 bits per heavy atom. The highest BCUT2D eigenvalue weighted by Gasteiger charge is 2.22. The van der Waals surface area contributed by atoms with Crippen molar-refractivity contribution in [2.24, 2.45) is 0 Å². The van der Waals surface area contributed by atoms with Gasteiger partial charge in [-0.25, -0.2) is 8.78 Å². The molecule has 90 valence electrons. The minimum Gasteiger partial charge on any atom is -0.323 e. The molecular weight excluding hydrogens is 226 g/mol. The van der Waals surface area contributed by atoms with Crippen LogP contribution < -0.4 is 0 Å². The van der Waals surface area contributed by atoms with Crippen LogP contribution in [0.1, 0.15) is 24.2 Å². The lowest BCUT2D eigenvalue weighted by atomic mass is 10.1. The van der Waals surface area contributed by atoms with Crippen molar-refractivity contribution in [3.8, 4) is 6.07 Å². The molecule has 0 N–H and O–H groups in total. The fraction of sp³-hybridized carbons (Fsp3) is 0.333. The van der Waals surface area contributed by atoms with E-state index in [-0.39, 0.29) is 18.2 Å². The smallest absolute Gasteiger partial charge is 0.258 e. The second kappa shape index (κ2) is 5.39. The van der Waals surface area contributed by atoms with E-state index in [0.717, 1.165) is 6.07 Å². The van der Waals surface area contributed by atoms with Gasteiger partial charge in [0.25, 0.3) is 5.91 Å². The van der Waals surface area contributed by atoms with Gasteiger partial charge in [0.15, 0.2) is 11.6 Å². The molecule has 1 amide bonds. The van der Waals surface area contributed by atoms with Crippen molar-refractivity contribution >= 4 is 5.91 Å². The van der Waals surface area contributed by atoms with Crippen LogP contribution in [-0.2, 0) is 0 Å². The van der Waals surface area contributed by atoms with Gasteiger partial charge in [0, 0.05) is 6.04 Å². The molecule has 0 saturated heterocycles. The van der Waals surface area contributed by atoms with E-state index < -0.39 is 17.5 Å². The van der Waals surface area contributed by atoms with Gasteiger partial charge in [0.05, 0.1) is 11.6 Å². The van der Waals surface area contributed by atoms with Gasteiger partial charge >= 0.3 is 0 Å². The van der Waals surface area contributed by atoms with E-state index >= 15 is 0 Å². The van der Waals surface area contributed by atoms with Crippen LogP contribution in [0.3, 0.4) is 0 Å². The monoisotopic (exact) mass is 238 g/mol. The topological polar surface area (TPSA) is 44.1 Å². The summed E-state index contributed by atoms with van der Waals surface area (Å²) in [5.74, 6) is -2.93. The summed E-state index contributed by atoms with van der Waals surface area (Å²) in [6, 6.07) is 4.97. The number of nitrogens with zero attached hydrogens (tertiary/aromatic N) is 2. The van der Waals surface area contributed by atoms with Gasteiger partial charge in [-0.05, 0) is 26.0 Å². The number of carbonyl (C=O) groups is 1. The average molecular weight is 238 g/mol. The lowest BCUT2D eigenvalue weighted by Gasteiger charge is -2.24. The maximum Gasteiger partial charge on any atom is 0.258 e. The van der Waals surface area contributed by atoms with E-state index in [4.69, 9.17) is 5.26 Å². The first kappa shape index (κ1) is 13.1. The lowest BCUT2D eigenvalue weighted by molar-refractivity contribution is 0.0725. The van der Waals surface area contributed by atoms with Crippen LogP contribution in [-0.4, -0.2) is 23.4 Å². The fourth-order valence-corrected chi connectivity index (χ4v) is 1.39. The molecular formula is C12H12F2N2O. The molecule has 0 unspecified atom stereocenters. The highest BCUT2D eigenvalue weighted by atomic mass is 19.2. The van der Waals surface area contributed by atoms with E-state index in [1.54, 1.807) is 13.8 Å². The van der Waals surface area contributed by atoms with Gasteiger partial charge in [-0.15, -0.1) is 0 Å². The van der Waals surface area contributed by atoms with Crippen LogP contribution in [0.4, 0.5) is 8.78 Å². The van der Waals surface area contributed by atoms with E-state index in [1.165, 1.54) is 17.0 Å². The zero-order valence-electron chi connectivity index (χ0n) is 9.58. The Bertz CT molecular complexity index is 466. The quantitative estimate of drug-likeness (QED) is 0.758. The number of rotatable bonds is 3. The lowest BCUT2D eigenvalue weighted by Crippen LogP contribution is -2.37. The van der Waals surface area contributed by atoms with Crippen molar-refractivity contribution in [2.45, 2.75) is 19.9 Å². The third-order valence-electron chi connectivity index (χ3n) is 2.31. The van der Waals surface area contributed by atoms with Crippen molar-refractivity contribution in [3.05, 3.63) is 35.4 Å². The number of hydrogen-bond acceptors (Lipinski definition) is 2. The Hall–Kier alpha value is -1.96. The van der Waals surface area contributed by atoms with Crippen LogP contribution in [0.25, 0.3) is 0 Å². The summed E-state index contributed by atoms with van der Waals surface area (Å²) in [4.78, 5) is 13.1. The van der Waals surface area contributed by atoms with Crippen LogP contribution in [0.15, 0.2) is 18.2 Å². The summed E-state index contributed by atoms with van der Waals surface area (Å²) < 4.78 is 26.4. The Balaban J connectivity index is 3.11. The number of benzene rings is 1. The molecule has 1 rings (SSSR count). The summed E-state index contributed by atoms with van der Waals surface area (Å²) in [5, 5.41) is 8.59. The summed E-state index contributed by atoms with van der Waals surface area (Å²) in [6.45, 7) is 3.24. The van der Waals surface area contributed by atoms with Gasteiger partial charge in [0.1, 0.15) is 6.54 Å². The number of halogens is 2. The third-order valence-corrected chi connectivity index (χ3v) is 2.31. The van der Waals surface area contributed by atoms with Crippen LogP contribution in [0.5, 0.6) is 0 Å². The van der Waals surface area contributed by atoms with E-state index in [0.29, 0.717) is 0 Å². The second-order valence-electron chi connectivity index (χ2n) is 3.79. The molecule has 0 bridgehead atoms. The molecule has 17 heavy (non-hydrogen) atoms. The van der Waals surface area contributed by atoms with Gasteiger partial charge in [-0.1, -0.05) is 6.07 Å². The number of nitriles is 1. The molecule has 1 aromatic carbocycles. The predicted molar refractivity (Wildman–Crippen MR) is 58.1 cm³/mol. The van der Waals surface area contributed by atoms with Gasteiger partial charge in [-0.2, -0.15) is 5.26 Å². The van der Waals surface area contributed by atoms with E-state index in [2.05, 4.69) is 0 Å². The first-order chi connectivity index (χ1) is 7.99. The predicted octanol–water partition coefficient (Wildman–Crippen LogP) is 2.34. The summed E-state index contributed by atoms with van der Waals surface area (Å²) in [6.07, 6.45) is 0. The molecule has 0 radical (unpaired) electrons. The Kier molecular flexibility index (Phi) is 4.16. The second-order valence-corrected chi connectivity index (χ2v) is 3.79. The van der Waals surface area contributed by atoms with Gasteiger partial charge in [0.2, 0.25) is 0 Å². The first-order valence-corrected chi connectivity index (χ1v) is 5.11. The van der Waals surface area contributed by atoms with Gasteiger partial charge in [-0.3, -0.25) is 4.79 Å². The van der Waals surface area contributed by atoms with Crippen molar-refractivity contribution in [1.29, 1.82) is 5.26 Å². The summed E-state index contributed by atoms with van der Waals surface area (Å²) >= 11 is 0. The number of amides is 1. The Morgan fingerprint density at radius 1 is 1.47 bits per heavy atom. The molecule has 0 aromatic heterocycles. The van der Waals surface area contributed by atoms with E-state index in [9.17, 15) is 13.6 Å². The van der Waals surface area contributed by atoms with Crippen molar-refractivity contribution in [3.63, 3.8) is 0 Å². The molecule has 0 spiro atoms. The zero-order valence-corrected chi connectivity index (χ0v) is 9.58. The van der Waals surface area contributed by atoms with Crippen LogP contribution in [0.2, 0.25) is 0 Å². The summed E-state index contributed by atoms with van der Waals surface area (Å²) in [5.41, 5.74) is -0.353. The largest absolute Gasteiger partial charge is 0.323 e. The molecule has 3 nitrogen and oxygen atoms in total. The maximum atomic E-state index is 13.4. The summed E-state index contributed by atoms with van der Waals surface area (Å²) in [7, 11) is 0. The van der Waals surface area contributed by atoms with Crippen molar-refractivity contribution in [1.82, 2.24) is 4.90 Å². The highest BCUT2D eigenvalue weighted by Crippen LogP contribution is 2.15. The molecule has 0 saturated carbocycles. The van der Waals surface area contributed by atoms with Crippen LogP contribution in [0, 0.1) is 23.0 Å². The molecule has 5 heteroatoms. The molecule has 0 aliphatic carbocycles. The number of hydrogen-bond donors (Lipinski definition) is 0. The standard InChI is InChI=1S/C12H12F2N2O/c1-8(2)16(7-6-15)12(17)9-4-3-5-10(13)11(9)14/h3-5,8H,7H2,1-2H3. The zero-order chi connectivity index (χ0) is 13.0. The molecule has 0 aliphatic heterocycles. The minimum absolute atomic E-state index is 0.160. The molecule has 0 heterocycles. The number of carbonyl (C=O) groups excluding carboxylic acids is 1. The van der Waals surface area contributed by atoms with Crippen LogP contribution >= 0.6 is 0 Å². The Morgan fingerprint density at radius 3 is 2.65 bits per heavy atom. The molecule has 1 aromatic rings. The van der Waals surface area contributed by atoms with Crippen molar-refractivity contribution in [2.75, 3.05) is 6.54 Å². The molecule has 0 atom stereocenters. The maximum absolute atomic E-state index is 13.4. The van der Waals surface area contributed by atoms with Gasteiger partial charge < -0.3 is 4.90 Å². The van der Waals surface area contributed by atoms with Crippen molar-refractivity contribution < 1.29 is 13.6 Å². The average Bonchev–Trinajstić information content (AvgIpc) is 2.28. The highest BCUT2D eigenvalue weighted by molar-refractivity contribution is 5.94. The first-order valence-electron chi connectivity index (χ1n) is 5.11. The fourth-order valence-electron chi connectivity index (χ4n) is 1.39. The Labute approximate surface area is 98.3 Å². The normalized spacial score (nSPS) is 10.1. The molecule has 0 aliphatic rings. The minimum atomic E-state index is -1.18.